The predicted molar refractivity (Wildman–Crippen MR) is 169 cm³/mol. The zero-order valence-electron chi connectivity index (χ0n) is 26.3. The molecule has 238 valence electrons. The third-order valence-electron chi connectivity index (χ3n) is 9.58. The molecule has 2 aliphatic carbocycles. The van der Waals surface area contributed by atoms with Crippen LogP contribution in [-0.4, -0.2) is 68.4 Å². The number of nitrogens with zero attached hydrogens (tertiary/aromatic N) is 1. The van der Waals surface area contributed by atoms with Gasteiger partial charge < -0.3 is 34.9 Å². The standard InChI is InChI=1S/C34H45N3O7/c1-21(38)36-26-12-10-22-18-29(42-2)32(43-3)33(44-4)31(22)24-11-13-27(28(39)19-25(24)26)35-16-7-9-30(40)37-17-15-34(41)14-6-5-8-23(34)20-37/h11,13,18-19,23,26,41H,5-10,12,14-17,20H2,1-4H3,(H,35,39)(H,36,38)/t23-,26+,34+/m1/s1. The Morgan fingerprint density at radius 1 is 1.05 bits per heavy atom. The van der Waals surface area contributed by atoms with Crippen LogP contribution in [0.15, 0.2) is 29.1 Å². The van der Waals surface area contributed by atoms with E-state index < -0.39 is 5.60 Å². The van der Waals surface area contributed by atoms with Gasteiger partial charge >= 0.3 is 0 Å². The number of piperidine rings is 1. The van der Waals surface area contributed by atoms with E-state index in [-0.39, 0.29) is 29.2 Å². The van der Waals surface area contributed by atoms with Gasteiger partial charge in [0.15, 0.2) is 11.5 Å². The van der Waals surface area contributed by atoms with Gasteiger partial charge in [-0.25, -0.2) is 0 Å². The molecular formula is C34H45N3O7. The second kappa shape index (κ2) is 13.5. The molecule has 2 amide bonds. The number of carbonyl (C=O) groups is 2. The summed E-state index contributed by atoms with van der Waals surface area (Å²) in [5, 5.41) is 17.2. The molecule has 10 nitrogen and oxygen atoms in total. The number of anilines is 1. The summed E-state index contributed by atoms with van der Waals surface area (Å²) in [7, 11) is 4.70. The molecule has 2 aromatic rings. The minimum atomic E-state index is -0.608. The summed E-state index contributed by atoms with van der Waals surface area (Å²) in [6.07, 6.45) is 6.79. The van der Waals surface area contributed by atoms with E-state index >= 15 is 0 Å². The summed E-state index contributed by atoms with van der Waals surface area (Å²) in [5.74, 6) is 1.58. The molecule has 5 rings (SSSR count). The first kappa shape index (κ1) is 31.6. The molecule has 0 spiro atoms. The lowest BCUT2D eigenvalue weighted by Gasteiger charge is -2.47. The van der Waals surface area contributed by atoms with Crippen LogP contribution in [0.3, 0.4) is 0 Å². The summed E-state index contributed by atoms with van der Waals surface area (Å²) < 4.78 is 17.1. The number of amides is 2. The van der Waals surface area contributed by atoms with Crippen LogP contribution in [0.1, 0.15) is 75.5 Å². The van der Waals surface area contributed by atoms with E-state index in [1.165, 1.54) is 6.92 Å². The van der Waals surface area contributed by atoms with Gasteiger partial charge in [0.05, 0.1) is 38.7 Å². The topological polar surface area (TPSA) is 126 Å². The number of likely N-dealkylation sites (tertiary alicyclic amines) is 1. The monoisotopic (exact) mass is 607 g/mol. The van der Waals surface area contributed by atoms with Crippen LogP contribution in [0.4, 0.5) is 5.69 Å². The normalized spacial score (nSPS) is 22.4. The van der Waals surface area contributed by atoms with E-state index in [1.54, 1.807) is 33.5 Å². The fraction of sp³-hybridized carbons (Fsp3) is 0.559. The number of aliphatic hydroxyl groups is 1. The number of nitrogens with one attached hydrogen (secondary N) is 2. The summed E-state index contributed by atoms with van der Waals surface area (Å²) in [6.45, 7) is 3.15. The number of fused-ring (bicyclic) bond motifs is 4. The average molecular weight is 608 g/mol. The van der Waals surface area contributed by atoms with Gasteiger partial charge in [0.2, 0.25) is 23.0 Å². The molecule has 3 aliphatic rings. The van der Waals surface area contributed by atoms with Crippen molar-refractivity contribution in [1.82, 2.24) is 10.2 Å². The van der Waals surface area contributed by atoms with Crippen molar-refractivity contribution in [2.75, 3.05) is 46.3 Å². The Balaban J connectivity index is 1.36. The zero-order valence-corrected chi connectivity index (χ0v) is 26.3. The van der Waals surface area contributed by atoms with E-state index in [9.17, 15) is 19.5 Å². The predicted octanol–water partition coefficient (Wildman–Crippen LogP) is 4.21. The lowest BCUT2D eigenvalue weighted by molar-refractivity contribution is -0.143. The van der Waals surface area contributed by atoms with Crippen LogP contribution in [0.2, 0.25) is 0 Å². The molecule has 0 radical (unpaired) electrons. The Kier molecular flexibility index (Phi) is 9.68. The quantitative estimate of drug-likeness (QED) is 0.362. The van der Waals surface area contributed by atoms with E-state index in [1.807, 2.05) is 17.0 Å². The number of methoxy groups -OCH3 is 3. The Morgan fingerprint density at radius 3 is 2.57 bits per heavy atom. The minimum absolute atomic E-state index is 0.0957. The highest BCUT2D eigenvalue weighted by atomic mass is 16.5. The summed E-state index contributed by atoms with van der Waals surface area (Å²) >= 11 is 0. The van der Waals surface area contributed by atoms with Crippen molar-refractivity contribution < 1.29 is 28.9 Å². The van der Waals surface area contributed by atoms with Crippen LogP contribution in [0.25, 0.3) is 11.1 Å². The highest BCUT2D eigenvalue weighted by Gasteiger charge is 2.43. The Morgan fingerprint density at radius 2 is 1.84 bits per heavy atom. The van der Waals surface area contributed by atoms with Crippen LogP contribution in [-0.2, 0) is 16.0 Å². The summed E-state index contributed by atoms with van der Waals surface area (Å²) in [5.41, 5.74) is 2.83. The van der Waals surface area contributed by atoms with E-state index in [2.05, 4.69) is 10.6 Å². The fourth-order valence-electron chi connectivity index (χ4n) is 7.27. The Bertz CT molecular complexity index is 1460. The first-order chi connectivity index (χ1) is 21.2. The maximum absolute atomic E-state index is 13.5. The molecule has 1 heterocycles. The van der Waals surface area contributed by atoms with Gasteiger partial charge in [0.25, 0.3) is 0 Å². The molecule has 0 aromatic heterocycles. The van der Waals surface area contributed by atoms with Crippen molar-refractivity contribution in [3.05, 3.63) is 45.6 Å². The second-order valence-corrected chi connectivity index (χ2v) is 12.3. The first-order valence-electron chi connectivity index (χ1n) is 15.7. The smallest absolute Gasteiger partial charge is 0.222 e. The van der Waals surface area contributed by atoms with Crippen molar-refractivity contribution in [3.63, 3.8) is 0 Å². The van der Waals surface area contributed by atoms with Crippen molar-refractivity contribution in [2.24, 2.45) is 5.92 Å². The number of benzene rings is 1. The molecule has 3 atom stereocenters. The average Bonchev–Trinajstić information content (AvgIpc) is 3.25. The van der Waals surface area contributed by atoms with Gasteiger partial charge in [-0.2, -0.15) is 0 Å². The molecule has 44 heavy (non-hydrogen) atoms. The maximum Gasteiger partial charge on any atom is 0.222 e. The number of ether oxygens (including phenoxy) is 3. The third kappa shape index (κ3) is 6.36. The number of hydrogen-bond acceptors (Lipinski definition) is 8. The van der Waals surface area contributed by atoms with Crippen LogP contribution in [0.5, 0.6) is 17.2 Å². The van der Waals surface area contributed by atoms with Crippen molar-refractivity contribution in [3.8, 4) is 28.4 Å². The van der Waals surface area contributed by atoms with Gasteiger partial charge in [-0.3, -0.25) is 14.4 Å². The third-order valence-corrected chi connectivity index (χ3v) is 9.58. The largest absolute Gasteiger partial charge is 0.493 e. The molecule has 1 saturated heterocycles. The SMILES string of the molecule is COc1cc2c(c(OC)c1OC)-c1ccc(NCCCC(=O)N3CC[C@@]4(O)CCCC[C@@H]4C3)c(=O)cc1[C@@H](NC(C)=O)CC2. The molecule has 2 aromatic carbocycles. The minimum Gasteiger partial charge on any atom is -0.493 e. The number of rotatable bonds is 9. The van der Waals surface area contributed by atoms with Gasteiger partial charge in [-0.1, -0.05) is 18.9 Å². The molecule has 0 unspecified atom stereocenters. The molecule has 10 heteroatoms. The summed E-state index contributed by atoms with van der Waals surface area (Å²) in [4.78, 5) is 40.6. The van der Waals surface area contributed by atoms with E-state index in [0.717, 1.165) is 42.4 Å². The first-order valence-corrected chi connectivity index (χ1v) is 15.7. The number of aryl methyl sites for hydroxylation is 1. The van der Waals surface area contributed by atoms with Gasteiger partial charge in [-0.15, -0.1) is 0 Å². The van der Waals surface area contributed by atoms with Crippen LogP contribution in [0, 0.1) is 5.92 Å². The molecule has 0 bridgehead atoms. The van der Waals surface area contributed by atoms with Crippen LogP contribution >= 0.6 is 0 Å². The van der Waals surface area contributed by atoms with Crippen molar-refractivity contribution in [2.45, 2.75) is 76.4 Å². The van der Waals surface area contributed by atoms with Gasteiger partial charge in [0, 0.05) is 44.5 Å². The molecule has 1 saturated carbocycles. The number of hydrogen-bond donors (Lipinski definition) is 3. The van der Waals surface area contributed by atoms with Gasteiger partial charge in [-0.05, 0) is 73.4 Å². The second-order valence-electron chi connectivity index (χ2n) is 12.3. The highest BCUT2D eigenvalue weighted by molar-refractivity contribution is 5.84. The maximum atomic E-state index is 13.5. The van der Waals surface area contributed by atoms with E-state index in [0.29, 0.717) is 80.2 Å². The molecular weight excluding hydrogens is 562 g/mol. The number of carbonyl (C=O) groups excluding carboxylic acids is 2. The summed E-state index contributed by atoms with van der Waals surface area (Å²) in [6, 6.07) is 6.78. The van der Waals surface area contributed by atoms with Crippen LogP contribution < -0.4 is 30.3 Å². The fourth-order valence-corrected chi connectivity index (χ4v) is 7.27. The molecule has 3 N–H and O–H groups in total. The Labute approximate surface area is 259 Å². The van der Waals surface area contributed by atoms with E-state index in [4.69, 9.17) is 14.2 Å². The van der Waals surface area contributed by atoms with Crippen molar-refractivity contribution >= 4 is 17.5 Å². The van der Waals surface area contributed by atoms with Crippen molar-refractivity contribution in [1.29, 1.82) is 0 Å². The zero-order chi connectivity index (χ0) is 31.4. The molecule has 1 aliphatic heterocycles. The lowest BCUT2D eigenvalue weighted by Crippen LogP contribution is -2.54. The highest BCUT2D eigenvalue weighted by Crippen LogP contribution is 2.50. The molecule has 2 fully saturated rings. The lowest BCUT2D eigenvalue weighted by atomic mass is 9.71. The van der Waals surface area contributed by atoms with Gasteiger partial charge in [0.1, 0.15) is 0 Å². The Hall–Kier alpha value is -3.79.